The fourth-order valence-electron chi connectivity index (χ4n) is 5.37. The minimum absolute atomic E-state index is 0.0915. The molecule has 1 aromatic rings. The fourth-order valence-corrected chi connectivity index (χ4v) is 5.37. The molecule has 4 nitrogen and oxygen atoms in total. The van der Waals surface area contributed by atoms with Gasteiger partial charge < -0.3 is 14.2 Å². The van der Waals surface area contributed by atoms with Crippen molar-refractivity contribution in [1.82, 2.24) is 0 Å². The average molecular weight is 469 g/mol. The molecule has 2 aliphatic rings. The lowest BCUT2D eigenvalue weighted by Crippen LogP contribution is -2.30. The summed E-state index contributed by atoms with van der Waals surface area (Å²) < 4.78 is 17.1. The van der Waals surface area contributed by atoms with Crippen LogP contribution in [0.1, 0.15) is 76.6 Å². The van der Waals surface area contributed by atoms with Crippen LogP contribution in [0.5, 0.6) is 5.75 Å². The molecule has 0 bridgehead atoms. The molecule has 0 fully saturated rings. The van der Waals surface area contributed by atoms with Gasteiger partial charge in [0.05, 0.1) is 13.2 Å². The monoisotopic (exact) mass is 468 g/mol. The maximum Gasteiger partial charge on any atom is 0.191 e. The predicted octanol–water partition coefficient (Wildman–Crippen LogP) is 7.04. The van der Waals surface area contributed by atoms with Gasteiger partial charge in [0.25, 0.3) is 0 Å². The first-order valence-corrected chi connectivity index (χ1v) is 13.1. The largest absolute Gasteiger partial charge is 0.491 e. The molecule has 0 amide bonds. The Morgan fingerprint density at radius 3 is 2.15 bits per heavy atom. The van der Waals surface area contributed by atoms with E-state index in [0.29, 0.717) is 49.1 Å². The van der Waals surface area contributed by atoms with Crippen LogP contribution in [0.4, 0.5) is 0 Å². The Balaban J connectivity index is 1.65. The smallest absolute Gasteiger partial charge is 0.191 e. The molecule has 0 saturated carbocycles. The number of methoxy groups -OCH3 is 1. The normalized spacial score (nSPS) is 25.9. The number of hydrogen-bond acceptors (Lipinski definition) is 4. The van der Waals surface area contributed by atoms with Gasteiger partial charge in [0, 0.05) is 12.7 Å². The second kappa shape index (κ2) is 13.3. The summed E-state index contributed by atoms with van der Waals surface area (Å²) in [5.74, 6) is 3.02. The first kappa shape index (κ1) is 26.7. The molecule has 5 unspecified atom stereocenters. The number of Topliss-reactive ketones (excluding diaryl/α,β-unsaturated/α-hetero) is 1. The van der Waals surface area contributed by atoms with E-state index in [0.717, 1.165) is 31.4 Å². The molecule has 34 heavy (non-hydrogen) atoms. The highest BCUT2D eigenvalue weighted by molar-refractivity contribution is 5.99. The van der Waals surface area contributed by atoms with Crippen LogP contribution >= 0.6 is 0 Å². The molecule has 0 aromatic heterocycles. The highest BCUT2D eigenvalue weighted by atomic mass is 16.5. The predicted molar refractivity (Wildman–Crippen MR) is 138 cm³/mol. The number of rotatable bonds is 12. The first-order chi connectivity index (χ1) is 16.4. The third-order valence-corrected chi connectivity index (χ3v) is 7.70. The van der Waals surface area contributed by atoms with E-state index in [9.17, 15) is 4.79 Å². The van der Waals surface area contributed by atoms with Crippen LogP contribution in [0.15, 0.2) is 47.6 Å². The van der Waals surface area contributed by atoms with E-state index in [1.807, 2.05) is 24.3 Å². The minimum atomic E-state index is -0.390. The van der Waals surface area contributed by atoms with Crippen LogP contribution in [0.25, 0.3) is 0 Å². The number of benzene rings is 1. The van der Waals surface area contributed by atoms with Crippen molar-refractivity contribution < 1.29 is 19.0 Å². The van der Waals surface area contributed by atoms with Gasteiger partial charge in [-0.05, 0) is 100 Å². The van der Waals surface area contributed by atoms with Gasteiger partial charge in [-0.1, -0.05) is 37.1 Å². The number of ether oxygens (including phenoxy) is 3. The van der Waals surface area contributed by atoms with Crippen LogP contribution in [0.3, 0.4) is 0 Å². The lowest BCUT2D eigenvalue weighted by Gasteiger charge is -2.30. The van der Waals surface area contributed by atoms with E-state index < -0.39 is 6.10 Å². The van der Waals surface area contributed by atoms with Crippen molar-refractivity contribution >= 4 is 5.78 Å². The van der Waals surface area contributed by atoms with Crippen molar-refractivity contribution in [3.8, 4) is 5.75 Å². The number of carbonyl (C=O) groups excluding carboxylic acids is 1. The van der Waals surface area contributed by atoms with E-state index >= 15 is 0 Å². The van der Waals surface area contributed by atoms with Gasteiger partial charge in [-0.25, -0.2) is 0 Å². The quantitative estimate of drug-likeness (QED) is 0.187. The molecule has 0 radical (unpaired) electrons. The zero-order chi connectivity index (χ0) is 24.5. The van der Waals surface area contributed by atoms with Crippen molar-refractivity contribution in [2.24, 2.45) is 23.7 Å². The summed E-state index contributed by atoms with van der Waals surface area (Å²) in [6.45, 7) is 10.7. The molecule has 0 spiro atoms. The summed E-state index contributed by atoms with van der Waals surface area (Å²) in [7, 11) is 1.66. The molecule has 2 aliphatic carbocycles. The van der Waals surface area contributed by atoms with E-state index in [4.69, 9.17) is 14.2 Å². The summed E-state index contributed by atoms with van der Waals surface area (Å²) in [5.41, 5.74) is 3.66. The highest BCUT2D eigenvalue weighted by Gasteiger charge is 2.28. The van der Waals surface area contributed by atoms with Crippen molar-refractivity contribution in [3.63, 3.8) is 0 Å². The number of allylic oxidation sites excluding steroid dienone is 4. The maximum absolute atomic E-state index is 13.5. The van der Waals surface area contributed by atoms with E-state index in [-0.39, 0.29) is 5.78 Å². The van der Waals surface area contributed by atoms with Crippen molar-refractivity contribution in [1.29, 1.82) is 0 Å². The molecule has 4 heteroatoms. The van der Waals surface area contributed by atoms with Crippen LogP contribution in [0, 0.1) is 23.7 Å². The fraction of sp³-hybridized carbons (Fsp3) is 0.633. The summed E-state index contributed by atoms with van der Waals surface area (Å²) in [6.07, 6.45) is 10.8. The third kappa shape index (κ3) is 7.81. The zero-order valence-corrected chi connectivity index (χ0v) is 21.8. The standard InChI is InChI=1S/C30H44O4/c1-21-6-8-25(23(3)18-21)12-15-29(34-20-27-9-7-22(2)19-24(27)4)30(31)26-10-13-28(14-11-26)33-17-16-32-5/h10-11,13-14,18-19,23-25,27,29H,6-9,12,15-17,20H2,1-5H3. The van der Waals surface area contributed by atoms with Gasteiger partial charge in [-0.3, -0.25) is 4.79 Å². The Bertz CT molecular complexity index is 800. The van der Waals surface area contributed by atoms with Gasteiger partial charge >= 0.3 is 0 Å². The molecule has 1 aromatic carbocycles. The summed E-state index contributed by atoms with van der Waals surface area (Å²) in [6, 6.07) is 7.47. The van der Waals surface area contributed by atoms with Gasteiger partial charge in [-0.2, -0.15) is 0 Å². The summed E-state index contributed by atoms with van der Waals surface area (Å²) >= 11 is 0. The number of ketones is 1. The summed E-state index contributed by atoms with van der Waals surface area (Å²) in [4.78, 5) is 13.5. The van der Waals surface area contributed by atoms with Crippen LogP contribution in [0.2, 0.25) is 0 Å². The van der Waals surface area contributed by atoms with Crippen molar-refractivity contribution in [2.45, 2.75) is 72.3 Å². The zero-order valence-electron chi connectivity index (χ0n) is 21.8. The Morgan fingerprint density at radius 2 is 1.56 bits per heavy atom. The Hall–Kier alpha value is -1.91. The molecule has 5 atom stereocenters. The summed E-state index contributed by atoms with van der Waals surface area (Å²) in [5, 5.41) is 0. The van der Waals surface area contributed by atoms with E-state index in [1.165, 1.54) is 24.0 Å². The van der Waals surface area contributed by atoms with Gasteiger partial charge in [-0.15, -0.1) is 0 Å². The second-order valence-electron chi connectivity index (χ2n) is 10.5. The third-order valence-electron chi connectivity index (χ3n) is 7.70. The van der Waals surface area contributed by atoms with Crippen LogP contribution < -0.4 is 4.74 Å². The van der Waals surface area contributed by atoms with E-state index in [1.54, 1.807) is 7.11 Å². The van der Waals surface area contributed by atoms with Gasteiger partial charge in [0.2, 0.25) is 0 Å². The molecule has 0 N–H and O–H groups in total. The molecule has 0 aliphatic heterocycles. The molecular weight excluding hydrogens is 424 g/mol. The maximum atomic E-state index is 13.5. The van der Waals surface area contributed by atoms with Crippen molar-refractivity contribution in [2.75, 3.05) is 26.9 Å². The number of carbonyl (C=O) groups is 1. The first-order valence-electron chi connectivity index (χ1n) is 13.1. The number of hydrogen-bond donors (Lipinski definition) is 0. The Morgan fingerprint density at radius 1 is 0.941 bits per heavy atom. The Kier molecular flexibility index (Phi) is 10.4. The van der Waals surface area contributed by atoms with Crippen molar-refractivity contribution in [3.05, 3.63) is 53.1 Å². The molecule has 3 rings (SSSR count). The molecular formula is C30H44O4. The Labute approximate surface area is 206 Å². The van der Waals surface area contributed by atoms with E-state index in [2.05, 4.69) is 39.8 Å². The SMILES string of the molecule is COCCOc1ccc(C(=O)C(CCC2CCC(C)=CC2C)OCC2CCC(C)=CC2C)cc1. The molecule has 0 saturated heterocycles. The highest BCUT2D eigenvalue weighted by Crippen LogP contribution is 2.33. The van der Waals surface area contributed by atoms with Gasteiger partial charge in [0.15, 0.2) is 5.78 Å². The van der Waals surface area contributed by atoms with Crippen LogP contribution in [-0.4, -0.2) is 38.8 Å². The van der Waals surface area contributed by atoms with Crippen LogP contribution in [-0.2, 0) is 9.47 Å². The second-order valence-corrected chi connectivity index (χ2v) is 10.5. The molecule has 0 heterocycles. The molecule has 188 valence electrons. The average Bonchev–Trinajstić information content (AvgIpc) is 2.81. The lowest BCUT2D eigenvalue weighted by molar-refractivity contribution is 0.0130. The van der Waals surface area contributed by atoms with Gasteiger partial charge in [0.1, 0.15) is 18.5 Å². The minimum Gasteiger partial charge on any atom is -0.491 e. The topological polar surface area (TPSA) is 44.8 Å². The lowest BCUT2D eigenvalue weighted by atomic mass is 9.79.